The lowest BCUT2D eigenvalue weighted by molar-refractivity contribution is -0.121. The molecule has 0 aliphatic carbocycles. The second kappa shape index (κ2) is 9.36. The van der Waals surface area contributed by atoms with Gasteiger partial charge in [-0.2, -0.15) is 0 Å². The van der Waals surface area contributed by atoms with E-state index >= 15 is 0 Å². The normalized spacial score (nSPS) is 12.7. The van der Waals surface area contributed by atoms with Gasteiger partial charge in [0.15, 0.2) is 0 Å². The quantitative estimate of drug-likeness (QED) is 0.422. The van der Waals surface area contributed by atoms with E-state index in [1.165, 1.54) is 11.8 Å². The second-order valence-corrected chi connectivity index (χ2v) is 8.88. The van der Waals surface area contributed by atoms with E-state index in [1.807, 2.05) is 6.92 Å². The molecular weight excluding hydrogens is 398 g/mol. The van der Waals surface area contributed by atoms with Gasteiger partial charge in [0, 0.05) is 23.7 Å². The maximum Gasteiger partial charge on any atom is 0.221 e. The standard InChI is InChI=1S/C15H20ClN5O3S2/c1-10-18-15(20-19-10)25-8-7-17-14(22)9-13(21-26(2,23)24)11-3-5-12(16)6-4-11/h3-6,13,21H,7-9H2,1-2H3,(H,17,22)(H,18,19,20)/t13-/m0/s1. The molecule has 8 nitrogen and oxygen atoms in total. The average molecular weight is 418 g/mol. The number of amides is 1. The van der Waals surface area contributed by atoms with Crippen LogP contribution in [0.4, 0.5) is 0 Å². The van der Waals surface area contributed by atoms with Gasteiger partial charge in [-0.25, -0.2) is 18.1 Å². The van der Waals surface area contributed by atoms with Crippen molar-refractivity contribution in [1.29, 1.82) is 0 Å². The number of rotatable bonds is 9. The molecule has 0 radical (unpaired) electrons. The number of carbonyl (C=O) groups excluding carboxylic acids is 1. The number of nitrogens with zero attached hydrogens (tertiary/aromatic N) is 2. The number of benzene rings is 1. The summed E-state index contributed by atoms with van der Waals surface area (Å²) in [6, 6.07) is 6.04. The zero-order valence-electron chi connectivity index (χ0n) is 14.3. The van der Waals surface area contributed by atoms with Crippen LogP contribution in [0.3, 0.4) is 0 Å². The predicted octanol–water partition coefficient (Wildman–Crippen LogP) is 1.66. The molecular formula is C15H20ClN5O3S2. The number of halogens is 1. The Kier molecular flexibility index (Phi) is 7.44. The Morgan fingerprint density at radius 2 is 2.04 bits per heavy atom. The maximum absolute atomic E-state index is 12.2. The lowest BCUT2D eigenvalue weighted by atomic mass is 10.0. The van der Waals surface area contributed by atoms with Crippen LogP contribution in [0, 0.1) is 6.92 Å². The zero-order valence-corrected chi connectivity index (χ0v) is 16.7. The minimum atomic E-state index is -3.47. The van der Waals surface area contributed by atoms with Crippen LogP contribution in [0.2, 0.25) is 5.02 Å². The highest BCUT2D eigenvalue weighted by molar-refractivity contribution is 7.99. The molecule has 1 amide bonds. The lowest BCUT2D eigenvalue weighted by Gasteiger charge is -2.18. The Morgan fingerprint density at radius 1 is 1.35 bits per heavy atom. The van der Waals surface area contributed by atoms with Gasteiger partial charge in [0.2, 0.25) is 21.1 Å². The van der Waals surface area contributed by atoms with Crippen molar-refractivity contribution >= 4 is 39.3 Å². The molecule has 142 valence electrons. The summed E-state index contributed by atoms with van der Waals surface area (Å²) in [5.74, 6) is 1.08. The Bertz CT molecular complexity index is 839. The fourth-order valence-electron chi connectivity index (χ4n) is 2.16. The van der Waals surface area contributed by atoms with Crippen molar-refractivity contribution in [1.82, 2.24) is 25.2 Å². The van der Waals surface area contributed by atoms with Crippen molar-refractivity contribution in [2.45, 2.75) is 24.5 Å². The molecule has 1 aromatic carbocycles. The van der Waals surface area contributed by atoms with E-state index in [0.29, 0.717) is 28.0 Å². The molecule has 2 aromatic rings. The molecule has 0 saturated carbocycles. The van der Waals surface area contributed by atoms with Gasteiger partial charge in [0.05, 0.1) is 12.3 Å². The van der Waals surface area contributed by atoms with Crippen LogP contribution in [0.1, 0.15) is 23.9 Å². The average Bonchev–Trinajstić information content (AvgIpc) is 2.96. The number of aromatic nitrogens is 3. The molecule has 0 spiro atoms. The molecule has 0 fully saturated rings. The molecule has 11 heteroatoms. The van der Waals surface area contributed by atoms with E-state index in [1.54, 1.807) is 24.3 Å². The fourth-order valence-corrected chi connectivity index (χ4v) is 3.72. The third-order valence-electron chi connectivity index (χ3n) is 3.25. The summed E-state index contributed by atoms with van der Waals surface area (Å²) in [5, 5.41) is 10.7. The highest BCUT2D eigenvalue weighted by Crippen LogP contribution is 2.20. The number of hydrogen-bond acceptors (Lipinski definition) is 6. The Labute approximate surface area is 161 Å². The van der Waals surface area contributed by atoms with Crippen molar-refractivity contribution in [3.05, 3.63) is 40.7 Å². The first-order chi connectivity index (χ1) is 12.2. The van der Waals surface area contributed by atoms with Crippen LogP contribution >= 0.6 is 23.4 Å². The van der Waals surface area contributed by atoms with Gasteiger partial charge in [-0.05, 0) is 24.6 Å². The third kappa shape index (κ3) is 7.32. The first kappa shape index (κ1) is 20.7. The monoisotopic (exact) mass is 417 g/mol. The molecule has 2 rings (SSSR count). The van der Waals surface area contributed by atoms with Crippen LogP contribution in [0.25, 0.3) is 0 Å². The van der Waals surface area contributed by atoms with Crippen LogP contribution in [-0.4, -0.2) is 48.1 Å². The van der Waals surface area contributed by atoms with Crippen molar-refractivity contribution in [3.8, 4) is 0 Å². The number of aryl methyl sites for hydroxylation is 1. The number of H-pyrrole nitrogens is 1. The summed E-state index contributed by atoms with van der Waals surface area (Å²) in [6.45, 7) is 2.23. The number of hydrogen-bond donors (Lipinski definition) is 3. The molecule has 0 bridgehead atoms. The van der Waals surface area contributed by atoms with Crippen molar-refractivity contribution in [2.24, 2.45) is 0 Å². The molecule has 0 unspecified atom stereocenters. The first-order valence-electron chi connectivity index (χ1n) is 7.74. The fraction of sp³-hybridized carbons (Fsp3) is 0.400. The molecule has 1 atom stereocenters. The Balaban J connectivity index is 1.87. The van der Waals surface area contributed by atoms with E-state index < -0.39 is 16.1 Å². The summed E-state index contributed by atoms with van der Waals surface area (Å²) >= 11 is 7.27. The van der Waals surface area contributed by atoms with Crippen LogP contribution in [-0.2, 0) is 14.8 Å². The SMILES string of the molecule is Cc1nc(SCCNC(=O)C[C@H](NS(C)(=O)=O)c2ccc(Cl)cc2)n[nH]1. The molecule has 0 aliphatic rings. The zero-order chi connectivity index (χ0) is 19.2. The molecule has 26 heavy (non-hydrogen) atoms. The van der Waals surface area contributed by atoms with E-state index in [0.717, 1.165) is 12.1 Å². The number of sulfonamides is 1. The second-order valence-electron chi connectivity index (χ2n) is 5.60. The highest BCUT2D eigenvalue weighted by atomic mass is 35.5. The number of aromatic amines is 1. The smallest absolute Gasteiger partial charge is 0.221 e. The summed E-state index contributed by atoms with van der Waals surface area (Å²) in [6.07, 6.45) is 1.04. The van der Waals surface area contributed by atoms with Gasteiger partial charge in [0.1, 0.15) is 5.82 Å². The van der Waals surface area contributed by atoms with E-state index in [-0.39, 0.29) is 12.3 Å². The van der Waals surface area contributed by atoms with Gasteiger partial charge >= 0.3 is 0 Å². The van der Waals surface area contributed by atoms with Crippen molar-refractivity contribution in [3.63, 3.8) is 0 Å². The minimum Gasteiger partial charge on any atom is -0.355 e. The summed E-state index contributed by atoms with van der Waals surface area (Å²) in [5.41, 5.74) is 0.667. The number of thioether (sulfide) groups is 1. The van der Waals surface area contributed by atoms with Gasteiger partial charge in [0.25, 0.3) is 0 Å². The van der Waals surface area contributed by atoms with E-state index in [9.17, 15) is 13.2 Å². The minimum absolute atomic E-state index is 0.0148. The van der Waals surface area contributed by atoms with E-state index in [4.69, 9.17) is 11.6 Å². The van der Waals surface area contributed by atoms with Gasteiger partial charge < -0.3 is 5.32 Å². The summed E-state index contributed by atoms with van der Waals surface area (Å²) in [4.78, 5) is 16.3. The van der Waals surface area contributed by atoms with Crippen molar-refractivity contribution in [2.75, 3.05) is 18.6 Å². The first-order valence-corrected chi connectivity index (χ1v) is 11.0. The van der Waals surface area contributed by atoms with Gasteiger partial charge in [-0.3, -0.25) is 9.89 Å². The summed E-state index contributed by atoms with van der Waals surface area (Å²) in [7, 11) is -3.47. The van der Waals surface area contributed by atoms with Gasteiger partial charge in [-0.1, -0.05) is 35.5 Å². The number of carbonyl (C=O) groups is 1. The molecule has 1 heterocycles. The third-order valence-corrected chi connectivity index (χ3v) is 5.06. The molecule has 1 aromatic heterocycles. The lowest BCUT2D eigenvalue weighted by Crippen LogP contribution is -2.34. The molecule has 3 N–H and O–H groups in total. The maximum atomic E-state index is 12.2. The number of nitrogens with one attached hydrogen (secondary N) is 3. The topological polar surface area (TPSA) is 117 Å². The van der Waals surface area contributed by atoms with E-state index in [2.05, 4.69) is 25.2 Å². The van der Waals surface area contributed by atoms with Crippen LogP contribution in [0.5, 0.6) is 0 Å². The Hall–Kier alpha value is -1.62. The summed E-state index contributed by atoms with van der Waals surface area (Å²) < 4.78 is 25.7. The predicted molar refractivity (Wildman–Crippen MR) is 102 cm³/mol. The Morgan fingerprint density at radius 3 is 2.62 bits per heavy atom. The largest absolute Gasteiger partial charge is 0.355 e. The van der Waals surface area contributed by atoms with Crippen LogP contribution < -0.4 is 10.0 Å². The molecule has 0 aliphatic heterocycles. The van der Waals surface area contributed by atoms with Crippen molar-refractivity contribution < 1.29 is 13.2 Å². The van der Waals surface area contributed by atoms with Crippen LogP contribution in [0.15, 0.2) is 29.4 Å². The van der Waals surface area contributed by atoms with Gasteiger partial charge in [-0.15, -0.1) is 5.10 Å². The molecule has 0 saturated heterocycles. The highest BCUT2D eigenvalue weighted by Gasteiger charge is 2.19.